The predicted molar refractivity (Wildman–Crippen MR) is 101 cm³/mol. The SMILES string of the molecule is CCc1cc(C(=O)Nc2c(C)nn(Cc3ccc(Cl)c(Cl)c3)c2C)no1. The highest BCUT2D eigenvalue weighted by Crippen LogP contribution is 2.25. The maximum atomic E-state index is 12.4. The van der Waals surface area contributed by atoms with Crippen molar-refractivity contribution in [1.82, 2.24) is 14.9 Å². The Bertz CT molecular complexity index is 962. The highest BCUT2D eigenvalue weighted by atomic mass is 35.5. The van der Waals surface area contributed by atoms with Gasteiger partial charge in [0.25, 0.3) is 5.91 Å². The molecule has 3 aromatic rings. The lowest BCUT2D eigenvalue weighted by Gasteiger charge is -2.07. The highest BCUT2D eigenvalue weighted by Gasteiger charge is 2.18. The molecule has 0 atom stereocenters. The molecule has 1 N–H and O–H groups in total. The molecular weight excluding hydrogens is 375 g/mol. The van der Waals surface area contributed by atoms with E-state index in [0.29, 0.717) is 34.5 Å². The molecule has 0 aliphatic carbocycles. The molecule has 0 unspecified atom stereocenters. The Morgan fingerprint density at radius 1 is 1.23 bits per heavy atom. The molecule has 2 aromatic heterocycles. The maximum Gasteiger partial charge on any atom is 0.277 e. The van der Waals surface area contributed by atoms with Crippen molar-refractivity contribution in [2.45, 2.75) is 33.7 Å². The van der Waals surface area contributed by atoms with Crippen LogP contribution in [0.2, 0.25) is 10.0 Å². The second kappa shape index (κ2) is 7.51. The first kappa shape index (κ1) is 18.5. The molecule has 8 heteroatoms. The molecule has 0 fully saturated rings. The van der Waals surface area contributed by atoms with Crippen molar-refractivity contribution >= 4 is 34.8 Å². The Kier molecular flexibility index (Phi) is 5.34. The van der Waals surface area contributed by atoms with Crippen LogP contribution in [0.3, 0.4) is 0 Å². The van der Waals surface area contributed by atoms with Crippen LogP contribution in [0, 0.1) is 13.8 Å². The van der Waals surface area contributed by atoms with Crippen LogP contribution in [-0.2, 0) is 13.0 Å². The largest absolute Gasteiger partial charge is 0.361 e. The number of aromatic nitrogens is 3. The van der Waals surface area contributed by atoms with Crippen molar-refractivity contribution < 1.29 is 9.32 Å². The molecule has 1 amide bonds. The second-order valence-electron chi connectivity index (χ2n) is 5.94. The van der Waals surface area contributed by atoms with Crippen LogP contribution in [0.1, 0.15) is 40.1 Å². The zero-order valence-electron chi connectivity index (χ0n) is 14.6. The Balaban J connectivity index is 1.81. The summed E-state index contributed by atoms with van der Waals surface area (Å²) in [5, 5.41) is 12.2. The second-order valence-corrected chi connectivity index (χ2v) is 6.75. The number of carbonyl (C=O) groups is 1. The van der Waals surface area contributed by atoms with Crippen LogP contribution in [0.15, 0.2) is 28.8 Å². The number of halogens is 2. The van der Waals surface area contributed by atoms with E-state index in [0.717, 1.165) is 17.0 Å². The summed E-state index contributed by atoms with van der Waals surface area (Å²) in [7, 11) is 0. The molecule has 0 aliphatic rings. The van der Waals surface area contributed by atoms with Crippen molar-refractivity contribution in [3.05, 3.63) is 62.7 Å². The molecule has 26 heavy (non-hydrogen) atoms. The van der Waals surface area contributed by atoms with Gasteiger partial charge in [-0.3, -0.25) is 9.48 Å². The fourth-order valence-corrected chi connectivity index (χ4v) is 2.93. The highest BCUT2D eigenvalue weighted by molar-refractivity contribution is 6.42. The number of anilines is 1. The number of aryl methyl sites for hydroxylation is 2. The van der Waals surface area contributed by atoms with Crippen LogP contribution in [-0.4, -0.2) is 20.8 Å². The molecule has 6 nitrogen and oxygen atoms in total. The summed E-state index contributed by atoms with van der Waals surface area (Å²) in [4.78, 5) is 12.4. The maximum absolute atomic E-state index is 12.4. The molecule has 136 valence electrons. The zero-order chi connectivity index (χ0) is 18.8. The van der Waals surface area contributed by atoms with Gasteiger partial charge in [0.15, 0.2) is 5.69 Å². The molecule has 2 heterocycles. The van der Waals surface area contributed by atoms with E-state index >= 15 is 0 Å². The van der Waals surface area contributed by atoms with E-state index in [2.05, 4.69) is 15.6 Å². The normalized spacial score (nSPS) is 11.0. The molecular formula is C18H18Cl2N4O2. The van der Waals surface area contributed by atoms with Crippen LogP contribution in [0.4, 0.5) is 5.69 Å². The molecule has 0 saturated heterocycles. The van der Waals surface area contributed by atoms with Crippen LogP contribution in [0.5, 0.6) is 0 Å². The van der Waals surface area contributed by atoms with Crippen molar-refractivity contribution in [3.63, 3.8) is 0 Å². The number of hydrogen-bond acceptors (Lipinski definition) is 4. The van der Waals surface area contributed by atoms with Crippen molar-refractivity contribution in [2.24, 2.45) is 0 Å². The Morgan fingerprint density at radius 3 is 2.65 bits per heavy atom. The van der Waals surface area contributed by atoms with Crippen molar-refractivity contribution in [1.29, 1.82) is 0 Å². The molecule has 0 saturated carbocycles. The first-order valence-electron chi connectivity index (χ1n) is 8.14. The Labute approximate surface area is 161 Å². The summed E-state index contributed by atoms with van der Waals surface area (Å²) >= 11 is 12.0. The average molecular weight is 393 g/mol. The molecule has 0 aliphatic heterocycles. The van der Waals surface area contributed by atoms with Crippen molar-refractivity contribution in [2.75, 3.05) is 5.32 Å². The molecule has 0 spiro atoms. The van der Waals surface area contributed by atoms with Crippen LogP contribution < -0.4 is 5.32 Å². The number of nitrogens with one attached hydrogen (secondary N) is 1. The lowest BCUT2D eigenvalue weighted by Crippen LogP contribution is -2.13. The third kappa shape index (κ3) is 3.76. The summed E-state index contributed by atoms with van der Waals surface area (Å²) in [5.74, 6) is 0.340. The number of carbonyl (C=O) groups excluding carboxylic acids is 1. The lowest BCUT2D eigenvalue weighted by atomic mass is 10.2. The Hall–Kier alpha value is -2.31. The first-order chi connectivity index (χ1) is 12.4. The topological polar surface area (TPSA) is 73.0 Å². The predicted octanol–water partition coefficient (Wildman–Crippen LogP) is 4.66. The summed E-state index contributed by atoms with van der Waals surface area (Å²) in [6, 6.07) is 7.09. The van der Waals surface area contributed by atoms with Gasteiger partial charge in [-0.2, -0.15) is 5.10 Å². The average Bonchev–Trinajstić information content (AvgIpc) is 3.19. The van der Waals surface area contributed by atoms with E-state index in [9.17, 15) is 4.79 Å². The van der Waals surface area contributed by atoms with E-state index < -0.39 is 0 Å². The van der Waals surface area contributed by atoms with E-state index in [1.165, 1.54) is 0 Å². The van der Waals surface area contributed by atoms with Gasteiger partial charge in [0.1, 0.15) is 5.76 Å². The Morgan fingerprint density at radius 2 is 2.00 bits per heavy atom. The van der Waals surface area contributed by atoms with Gasteiger partial charge in [0.2, 0.25) is 0 Å². The van der Waals surface area contributed by atoms with E-state index in [1.807, 2.05) is 31.5 Å². The lowest BCUT2D eigenvalue weighted by molar-refractivity contribution is 0.101. The fraction of sp³-hybridized carbons (Fsp3) is 0.278. The summed E-state index contributed by atoms with van der Waals surface area (Å²) in [5.41, 5.74) is 3.43. The molecule has 1 aromatic carbocycles. The summed E-state index contributed by atoms with van der Waals surface area (Å²) < 4.78 is 6.89. The standard InChI is InChI=1S/C18H18Cl2N4O2/c1-4-13-8-16(23-26-13)18(25)21-17-10(2)22-24(11(17)3)9-12-5-6-14(19)15(20)7-12/h5-8H,4,9H2,1-3H3,(H,21,25). The minimum absolute atomic E-state index is 0.248. The summed E-state index contributed by atoms with van der Waals surface area (Å²) in [6.45, 7) is 6.19. The third-order valence-corrected chi connectivity index (χ3v) is 4.82. The van der Waals surface area contributed by atoms with E-state index in [-0.39, 0.29) is 11.6 Å². The van der Waals surface area contributed by atoms with E-state index in [4.69, 9.17) is 27.7 Å². The molecule has 3 rings (SSSR count). The smallest absolute Gasteiger partial charge is 0.277 e. The molecule has 0 radical (unpaired) electrons. The zero-order valence-corrected chi connectivity index (χ0v) is 16.1. The number of nitrogens with zero attached hydrogens (tertiary/aromatic N) is 3. The van der Waals surface area contributed by atoms with Crippen molar-refractivity contribution in [3.8, 4) is 0 Å². The van der Waals surface area contributed by atoms with Gasteiger partial charge < -0.3 is 9.84 Å². The number of rotatable bonds is 5. The number of amides is 1. The number of hydrogen-bond donors (Lipinski definition) is 1. The first-order valence-corrected chi connectivity index (χ1v) is 8.89. The van der Waals surface area contributed by atoms with Crippen LogP contribution >= 0.6 is 23.2 Å². The number of benzene rings is 1. The van der Waals surface area contributed by atoms with Gasteiger partial charge in [-0.15, -0.1) is 0 Å². The van der Waals surface area contributed by atoms with Gasteiger partial charge >= 0.3 is 0 Å². The van der Waals surface area contributed by atoms with Gasteiger partial charge in [-0.1, -0.05) is 41.3 Å². The fourth-order valence-electron chi connectivity index (χ4n) is 2.61. The summed E-state index contributed by atoms with van der Waals surface area (Å²) in [6.07, 6.45) is 0.680. The molecule has 0 bridgehead atoms. The minimum atomic E-state index is -0.325. The third-order valence-electron chi connectivity index (χ3n) is 4.08. The van der Waals surface area contributed by atoms with Crippen LogP contribution in [0.25, 0.3) is 0 Å². The van der Waals surface area contributed by atoms with Gasteiger partial charge in [0, 0.05) is 12.5 Å². The van der Waals surface area contributed by atoms with Gasteiger partial charge in [0.05, 0.1) is 33.7 Å². The quantitative estimate of drug-likeness (QED) is 0.685. The monoisotopic (exact) mass is 392 g/mol. The van der Waals surface area contributed by atoms with E-state index in [1.54, 1.807) is 18.2 Å². The minimum Gasteiger partial charge on any atom is -0.361 e. The van der Waals surface area contributed by atoms with Gasteiger partial charge in [-0.05, 0) is 31.5 Å². The van der Waals surface area contributed by atoms with Gasteiger partial charge in [-0.25, -0.2) is 0 Å².